The van der Waals surface area contributed by atoms with Gasteiger partial charge in [0.15, 0.2) is 0 Å². The molecule has 1 N–H and O–H groups in total. The molecule has 1 aromatic heterocycles. The normalized spacial score (nSPS) is 16.4. The van der Waals surface area contributed by atoms with Crippen LogP contribution in [-0.2, 0) is 30.5 Å². The van der Waals surface area contributed by atoms with Crippen molar-refractivity contribution < 1.29 is 4.74 Å². The topological polar surface area (TPSA) is 47.0 Å². The van der Waals surface area contributed by atoms with E-state index in [1.807, 2.05) is 0 Å². The Labute approximate surface area is 109 Å². The van der Waals surface area contributed by atoms with Crippen molar-refractivity contribution in [2.24, 2.45) is 0 Å². The van der Waals surface area contributed by atoms with Gasteiger partial charge < -0.3 is 10.1 Å². The third-order valence-electron chi connectivity index (χ3n) is 3.42. The van der Waals surface area contributed by atoms with Gasteiger partial charge in [-0.15, -0.1) is 0 Å². The van der Waals surface area contributed by atoms with Crippen LogP contribution in [0.15, 0.2) is 0 Å². The summed E-state index contributed by atoms with van der Waals surface area (Å²) < 4.78 is 5.31. The fourth-order valence-electron chi connectivity index (χ4n) is 2.34. The number of aromatic nitrogens is 2. The maximum atomic E-state index is 5.31. The minimum absolute atomic E-state index is 0.180. The van der Waals surface area contributed by atoms with Crippen molar-refractivity contribution in [2.45, 2.75) is 52.2 Å². The highest BCUT2D eigenvalue weighted by atomic mass is 16.5. The highest BCUT2D eigenvalue weighted by Crippen LogP contribution is 2.18. The highest BCUT2D eigenvalue weighted by molar-refractivity contribution is 5.28. The molecule has 1 aliphatic rings. The Morgan fingerprint density at radius 2 is 2.22 bits per heavy atom. The lowest BCUT2D eigenvalue weighted by atomic mass is 10.0. The van der Waals surface area contributed by atoms with Gasteiger partial charge in [0.2, 0.25) is 0 Å². The molecule has 1 atom stereocenters. The summed E-state index contributed by atoms with van der Waals surface area (Å²) in [5.41, 5.74) is 3.80. The standard InChI is InChI=1S/C14H23N3O/c1-4-5-12-11-9-15-7-6-13(11)17-14(16-12)8-10(2)18-3/h10,15H,4-9H2,1-3H3. The Kier molecular flexibility index (Phi) is 4.66. The third-order valence-corrected chi connectivity index (χ3v) is 3.42. The molecule has 4 nitrogen and oxygen atoms in total. The average Bonchev–Trinajstić information content (AvgIpc) is 2.39. The van der Waals surface area contributed by atoms with E-state index in [1.54, 1.807) is 7.11 Å². The molecular weight excluding hydrogens is 226 g/mol. The van der Waals surface area contributed by atoms with Crippen LogP contribution in [0.2, 0.25) is 0 Å². The first-order chi connectivity index (χ1) is 8.74. The zero-order valence-corrected chi connectivity index (χ0v) is 11.6. The summed E-state index contributed by atoms with van der Waals surface area (Å²) in [7, 11) is 1.74. The van der Waals surface area contributed by atoms with Crippen LogP contribution in [0, 0.1) is 0 Å². The van der Waals surface area contributed by atoms with Crippen LogP contribution < -0.4 is 5.32 Å². The highest BCUT2D eigenvalue weighted by Gasteiger charge is 2.17. The number of rotatable bonds is 5. The summed E-state index contributed by atoms with van der Waals surface area (Å²) in [4.78, 5) is 9.45. The van der Waals surface area contributed by atoms with Gasteiger partial charge in [0.25, 0.3) is 0 Å². The lowest BCUT2D eigenvalue weighted by Crippen LogP contribution is -2.27. The molecule has 0 bridgehead atoms. The van der Waals surface area contributed by atoms with E-state index >= 15 is 0 Å². The first kappa shape index (κ1) is 13.4. The van der Waals surface area contributed by atoms with Crippen LogP contribution in [0.1, 0.15) is 43.0 Å². The molecule has 1 unspecified atom stereocenters. The molecule has 0 aromatic carbocycles. The van der Waals surface area contributed by atoms with Crippen LogP contribution in [0.25, 0.3) is 0 Å². The van der Waals surface area contributed by atoms with Crippen molar-refractivity contribution in [3.63, 3.8) is 0 Å². The van der Waals surface area contributed by atoms with Gasteiger partial charge in [0.05, 0.1) is 11.8 Å². The molecule has 18 heavy (non-hydrogen) atoms. The molecule has 0 spiro atoms. The molecule has 1 aromatic rings. The molecule has 100 valence electrons. The molecule has 1 aliphatic heterocycles. The predicted molar refractivity (Wildman–Crippen MR) is 71.6 cm³/mol. The second-order valence-electron chi connectivity index (χ2n) is 4.94. The number of nitrogens with one attached hydrogen (secondary N) is 1. The Morgan fingerprint density at radius 3 is 2.94 bits per heavy atom. The third kappa shape index (κ3) is 3.06. The average molecular weight is 249 g/mol. The molecule has 0 radical (unpaired) electrons. The monoisotopic (exact) mass is 249 g/mol. The predicted octanol–water partition coefficient (Wildman–Crippen LogP) is 1.65. The summed E-state index contributed by atoms with van der Waals surface area (Å²) >= 11 is 0. The van der Waals surface area contributed by atoms with E-state index in [2.05, 4.69) is 19.2 Å². The molecule has 0 amide bonds. The van der Waals surface area contributed by atoms with Crippen LogP contribution in [0.3, 0.4) is 0 Å². The number of ether oxygens (including phenoxy) is 1. The van der Waals surface area contributed by atoms with Crippen molar-refractivity contribution in [3.8, 4) is 0 Å². The van der Waals surface area contributed by atoms with E-state index in [1.165, 1.54) is 17.0 Å². The van der Waals surface area contributed by atoms with Crippen LogP contribution in [0.4, 0.5) is 0 Å². The number of fused-ring (bicyclic) bond motifs is 1. The molecule has 0 saturated heterocycles. The maximum absolute atomic E-state index is 5.31. The Morgan fingerprint density at radius 1 is 1.39 bits per heavy atom. The van der Waals surface area contributed by atoms with Gasteiger partial charge in [-0.1, -0.05) is 13.3 Å². The molecule has 4 heteroatoms. The minimum Gasteiger partial charge on any atom is -0.381 e. The number of aryl methyl sites for hydroxylation is 1. The van der Waals surface area contributed by atoms with E-state index in [-0.39, 0.29) is 6.10 Å². The Bertz CT molecular complexity index is 406. The van der Waals surface area contributed by atoms with E-state index in [0.29, 0.717) is 0 Å². The first-order valence-electron chi connectivity index (χ1n) is 6.85. The van der Waals surface area contributed by atoms with Crippen molar-refractivity contribution >= 4 is 0 Å². The van der Waals surface area contributed by atoms with Gasteiger partial charge in [0.1, 0.15) is 5.82 Å². The van der Waals surface area contributed by atoms with Crippen LogP contribution in [-0.4, -0.2) is 29.7 Å². The number of hydrogen-bond acceptors (Lipinski definition) is 4. The Hall–Kier alpha value is -1.00. The quantitative estimate of drug-likeness (QED) is 0.862. The van der Waals surface area contributed by atoms with Crippen molar-refractivity contribution in [1.29, 1.82) is 0 Å². The largest absolute Gasteiger partial charge is 0.381 e. The Balaban J connectivity index is 2.28. The second-order valence-corrected chi connectivity index (χ2v) is 4.94. The fourth-order valence-corrected chi connectivity index (χ4v) is 2.34. The van der Waals surface area contributed by atoms with Gasteiger partial charge in [-0.2, -0.15) is 0 Å². The van der Waals surface area contributed by atoms with Crippen LogP contribution in [0.5, 0.6) is 0 Å². The maximum Gasteiger partial charge on any atom is 0.131 e. The molecule has 2 heterocycles. The second kappa shape index (κ2) is 6.25. The lowest BCUT2D eigenvalue weighted by molar-refractivity contribution is 0.117. The molecular formula is C14H23N3O. The number of hydrogen-bond donors (Lipinski definition) is 1. The summed E-state index contributed by atoms with van der Waals surface area (Å²) in [5.74, 6) is 0.938. The van der Waals surface area contributed by atoms with Gasteiger partial charge in [0, 0.05) is 44.3 Å². The molecule has 0 aliphatic carbocycles. The first-order valence-corrected chi connectivity index (χ1v) is 6.85. The van der Waals surface area contributed by atoms with Crippen LogP contribution >= 0.6 is 0 Å². The lowest BCUT2D eigenvalue weighted by Gasteiger charge is -2.20. The van der Waals surface area contributed by atoms with Crippen molar-refractivity contribution in [2.75, 3.05) is 13.7 Å². The van der Waals surface area contributed by atoms with E-state index in [9.17, 15) is 0 Å². The zero-order valence-electron chi connectivity index (χ0n) is 11.6. The molecule has 2 rings (SSSR count). The van der Waals surface area contributed by atoms with E-state index < -0.39 is 0 Å². The summed E-state index contributed by atoms with van der Waals surface area (Å²) in [6.07, 6.45) is 4.17. The number of nitrogens with zero attached hydrogens (tertiary/aromatic N) is 2. The van der Waals surface area contributed by atoms with E-state index in [0.717, 1.165) is 44.6 Å². The molecule has 0 fully saturated rings. The summed E-state index contributed by atoms with van der Waals surface area (Å²) in [5, 5.41) is 3.41. The van der Waals surface area contributed by atoms with E-state index in [4.69, 9.17) is 14.7 Å². The van der Waals surface area contributed by atoms with Crippen molar-refractivity contribution in [3.05, 3.63) is 22.8 Å². The van der Waals surface area contributed by atoms with Gasteiger partial charge in [-0.3, -0.25) is 0 Å². The SMILES string of the molecule is CCCc1nc(CC(C)OC)nc2c1CNCC2. The summed E-state index contributed by atoms with van der Waals surface area (Å²) in [6.45, 7) is 6.20. The molecule has 0 saturated carbocycles. The number of methoxy groups -OCH3 is 1. The smallest absolute Gasteiger partial charge is 0.131 e. The van der Waals surface area contributed by atoms with Gasteiger partial charge in [-0.25, -0.2) is 9.97 Å². The fraction of sp³-hybridized carbons (Fsp3) is 0.714. The van der Waals surface area contributed by atoms with Crippen molar-refractivity contribution in [1.82, 2.24) is 15.3 Å². The minimum atomic E-state index is 0.180. The van der Waals surface area contributed by atoms with Gasteiger partial charge >= 0.3 is 0 Å². The zero-order chi connectivity index (χ0) is 13.0. The van der Waals surface area contributed by atoms with Gasteiger partial charge in [-0.05, 0) is 13.3 Å². The summed E-state index contributed by atoms with van der Waals surface area (Å²) in [6, 6.07) is 0.